The van der Waals surface area contributed by atoms with E-state index in [1.54, 1.807) is 0 Å². The highest BCUT2D eigenvalue weighted by Gasteiger charge is 1.96. The molecule has 1 aromatic rings. The molecule has 11 heavy (non-hydrogen) atoms. The van der Waals surface area contributed by atoms with Crippen molar-refractivity contribution in [1.29, 1.82) is 0 Å². The van der Waals surface area contributed by atoms with Crippen LogP contribution in [0.3, 0.4) is 0 Å². The Morgan fingerprint density at radius 1 is 1.64 bits per heavy atom. The maximum Gasteiger partial charge on any atom is 0.223 e. The van der Waals surface area contributed by atoms with Crippen LogP contribution in [0.2, 0.25) is 0 Å². The van der Waals surface area contributed by atoms with E-state index in [0.717, 1.165) is 0 Å². The van der Waals surface area contributed by atoms with Crippen molar-refractivity contribution in [3.05, 3.63) is 29.8 Å². The van der Waals surface area contributed by atoms with E-state index in [4.69, 9.17) is 0 Å². The zero-order valence-corrected chi connectivity index (χ0v) is 6.12. The summed E-state index contributed by atoms with van der Waals surface area (Å²) >= 11 is 0. The highest BCUT2D eigenvalue weighted by molar-refractivity contribution is 5.74. The van der Waals surface area contributed by atoms with Gasteiger partial charge >= 0.3 is 0 Å². The Morgan fingerprint density at radius 3 is 2.64 bits per heavy atom. The summed E-state index contributed by atoms with van der Waals surface area (Å²) in [6.45, 7) is 0. The molecule has 0 fully saturated rings. The quantitative estimate of drug-likeness (QED) is 0.478. The molecule has 1 rings (SSSR count). The topological polar surface area (TPSA) is 56.0 Å². The van der Waals surface area contributed by atoms with Crippen LogP contribution in [0.15, 0.2) is 18.3 Å². The third-order valence-corrected chi connectivity index (χ3v) is 0.915. The van der Waals surface area contributed by atoms with Gasteiger partial charge in [-0.25, -0.2) is 4.98 Å². The molecule has 1 heterocycles. The zero-order chi connectivity index (χ0) is 8.69. The highest BCUT2D eigenvalue weighted by atomic mass is 19.1. The summed E-state index contributed by atoms with van der Waals surface area (Å²) in [6, 6.07) is 2.88. The van der Waals surface area contributed by atoms with Gasteiger partial charge in [0.1, 0.15) is 0 Å². The normalized spacial score (nSPS) is 7.91. The minimum atomic E-state index is -0.715. The third-order valence-electron chi connectivity index (χ3n) is 0.915. The van der Waals surface area contributed by atoms with Crippen molar-refractivity contribution >= 4 is 6.29 Å². The van der Waals surface area contributed by atoms with Gasteiger partial charge in [0.15, 0.2) is 6.29 Å². The first-order chi connectivity index (χ1) is 5.34. The summed E-state index contributed by atoms with van der Waals surface area (Å²) in [5.74, 6) is -0.715. The lowest BCUT2D eigenvalue weighted by Crippen LogP contribution is -1.88. The van der Waals surface area contributed by atoms with Gasteiger partial charge in [-0.3, -0.25) is 4.79 Å². The molecule has 60 valence electrons. The molecule has 0 saturated heterocycles. The van der Waals surface area contributed by atoms with Gasteiger partial charge in [-0.15, -0.1) is 0 Å². The van der Waals surface area contributed by atoms with Crippen molar-refractivity contribution < 1.29 is 9.18 Å². The smallest absolute Gasteiger partial charge is 0.223 e. The summed E-state index contributed by atoms with van der Waals surface area (Å²) in [6.07, 6.45) is 1.73. The number of rotatable bonds is 1. The molecule has 0 aromatic carbocycles. The van der Waals surface area contributed by atoms with Gasteiger partial charge in [0.05, 0.1) is 5.56 Å². The summed E-state index contributed by atoms with van der Waals surface area (Å²) in [4.78, 5) is 13.2. The number of hydrogen-bond acceptors (Lipinski definition) is 3. The summed E-state index contributed by atoms with van der Waals surface area (Å²) in [5.41, 5.74) is 4.50. The van der Waals surface area contributed by atoms with E-state index in [-0.39, 0.29) is 5.56 Å². The number of nitrogens with two attached hydrogens (primary N) is 1. The van der Waals surface area contributed by atoms with Crippen LogP contribution in [0.25, 0.3) is 0 Å². The molecule has 0 aliphatic rings. The fraction of sp³-hybridized carbons (Fsp3) is 0.143. The second kappa shape index (κ2) is 5.49. The van der Waals surface area contributed by atoms with Crippen molar-refractivity contribution in [2.75, 3.05) is 7.05 Å². The van der Waals surface area contributed by atoms with Crippen LogP contribution >= 0.6 is 0 Å². The Kier molecular flexibility index (Phi) is 4.85. The zero-order valence-electron chi connectivity index (χ0n) is 6.12. The predicted octanol–water partition coefficient (Wildman–Crippen LogP) is 0.608. The van der Waals surface area contributed by atoms with Crippen molar-refractivity contribution in [3.8, 4) is 0 Å². The van der Waals surface area contributed by atoms with E-state index in [1.807, 2.05) is 0 Å². The molecular formula is C7H9FN2O. The average Bonchev–Trinajstić information content (AvgIpc) is 2.09. The van der Waals surface area contributed by atoms with E-state index in [1.165, 1.54) is 25.4 Å². The van der Waals surface area contributed by atoms with Gasteiger partial charge in [-0.05, 0) is 19.2 Å². The largest absolute Gasteiger partial charge is 0.333 e. The second-order valence-electron chi connectivity index (χ2n) is 1.50. The van der Waals surface area contributed by atoms with Crippen molar-refractivity contribution in [2.24, 2.45) is 5.73 Å². The van der Waals surface area contributed by atoms with Gasteiger partial charge in [-0.1, -0.05) is 0 Å². The van der Waals surface area contributed by atoms with Crippen LogP contribution in [0, 0.1) is 5.95 Å². The van der Waals surface area contributed by atoms with Gasteiger partial charge < -0.3 is 5.73 Å². The van der Waals surface area contributed by atoms with Crippen LogP contribution in [-0.4, -0.2) is 18.3 Å². The van der Waals surface area contributed by atoms with E-state index in [0.29, 0.717) is 6.29 Å². The Bertz CT molecular complexity index is 227. The van der Waals surface area contributed by atoms with E-state index < -0.39 is 5.95 Å². The van der Waals surface area contributed by atoms with Gasteiger partial charge in [-0.2, -0.15) is 4.39 Å². The molecule has 0 spiro atoms. The number of carbonyl (C=O) groups is 1. The molecule has 3 nitrogen and oxygen atoms in total. The first kappa shape index (κ1) is 9.71. The van der Waals surface area contributed by atoms with E-state index in [2.05, 4.69) is 10.7 Å². The summed E-state index contributed by atoms with van der Waals surface area (Å²) < 4.78 is 12.2. The Hall–Kier alpha value is -1.29. The second-order valence-corrected chi connectivity index (χ2v) is 1.50. The monoisotopic (exact) mass is 156 g/mol. The molecule has 0 radical (unpaired) electrons. The first-order valence-electron chi connectivity index (χ1n) is 2.98. The minimum Gasteiger partial charge on any atom is -0.333 e. The number of nitrogens with zero attached hydrogens (tertiary/aromatic N) is 1. The molecule has 0 aliphatic heterocycles. The van der Waals surface area contributed by atoms with Crippen LogP contribution in [-0.2, 0) is 0 Å². The molecule has 1 aromatic heterocycles. The number of aldehydes is 1. The molecule has 0 bridgehead atoms. The fourth-order valence-electron chi connectivity index (χ4n) is 0.486. The van der Waals surface area contributed by atoms with Crippen LogP contribution < -0.4 is 5.73 Å². The van der Waals surface area contributed by atoms with Crippen molar-refractivity contribution in [2.45, 2.75) is 0 Å². The number of carbonyl (C=O) groups excluding carboxylic acids is 1. The van der Waals surface area contributed by atoms with Crippen molar-refractivity contribution in [1.82, 2.24) is 4.98 Å². The van der Waals surface area contributed by atoms with Gasteiger partial charge in [0, 0.05) is 6.20 Å². The summed E-state index contributed by atoms with van der Waals surface area (Å²) in [5, 5.41) is 0. The Morgan fingerprint density at radius 2 is 2.27 bits per heavy atom. The van der Waals surface area contributed by atoms with Crippen LogP contribution in [0.5, 0.6) is 0 Å². The SMILES string of the molecule is CN.O=Cc1cccnc1F. The lowest BCUT2D eigenvalue weighted by Gasteiger charge is -1.87. The molecule has 0 unspecified atom stereocenters. The first-order valence-corrected chi connectivity index (χ1v) is 2.98. The number of aromatic nitrogens is 1. The molecule has 0 saturated carbocycles. The Balaban J connectivity index is 0.000000461. The minimum absolute atomic E-state index is 0.00231. The molecular weight excluding hydrogens is 147 g/mol. The maximum absolute atomic E-state index is 12.2. The van der Waals surface area contributed by atoms with Crippen LogP contribution in [0.4, 0.5) is 4.39 Å². The average molecular weight is 156 g/mol. The molecule has 4 heteroatoms. The lowest BCUT2D eigenvalue weighted by atomic mass is 10.3. The number of hydrogen-bond donors (Lipinski definition) is 1. The van der Waals surface area contributed by atoms with Gasteiger partial charge in [0.2, 0.25) is 5.95 Å². The molecule has 2 N–H and O–H groups in total. The lowest BCUT2D eigenvalue weighted by molar-refractivity contribution is 0.111. The summed E-state index contributed by atoms with van der Waals surface area (Å²) in [7, 11) is 1.50. The van der Waals surface area contributed by atoms with Crippen LogP contribution in [0.1, 0.15) is 10.4 Å². The van der Waals surface area contributed by atoms with E-state index in [9.17, 15) is 9.18 Å². The Labute approximate surface area is 64.1 Å². The number of pyridine rings is 1. The maximum atomic E-state index is 12.2. The van der Waals surface area contributed by atoms with Gasteiger partial charge in [0.25, 0.3) is 0 Å². The molecule has 0 aliphatic carbocycles. The third kappa shape index (κ3) is 2.86. The molecule has 0 atom stereocenters. The standard InChI is InChI=1S/C6H4FNO.CH5N/c7-6-5(4-9)2-1-3-8-6;1-2/h1-4H;2H2,1H3. The predicted molar refractivity (Wildman–Crippen MR) is 39.7 cm³/mol. The number of halogens is 1. The van der Waals surface area contributed by atoms with E-state index >= 15 is 0 Å². The highest BCUT2D eigenvalue weighted by Crippen LogP contribution is 1.97. The molecule has 0 amide bonds. The fourth-order valence-corrected chi connectivity index (χ4v) is 0.486. The van der Waals surface area contributed by atoms with Crippen molar-refractivity contribution in [3.63, 3.8) is 0 Å².